The van der Waals surface area contributed by atoms with Crippen LogP contribution in [0, 0.1) is 5.82 Å². The minimum Gasteiger partial charge on any atom is -0.344 e. The third-order valence-corrected chi connectivity index (χ3v) is 2.69. The Labute approximate surface area is 106 Å². The lowest BCUT2D eigenvalue weighted by molar-refractivity contribution is -0.131. The number of nitrogens with zero attached hydrogens (tertiary/aromatic N) is 1. The molecule has 1 aromatic carbocycles. The molecule has 0 saturated heterocycles. The zero-order valence-corrected chi connectivity index (χ0v) is 10.7. The zero-order chi connectivity index (χ0) is 13.7. The predicted octanol–water partition coefficient (Wildman–Crippen LogP) is 1.42. The van der Waals surface area contributed by atoms with Gasteiger partial charge < -0.3 is 10.2 Å². The van der Waals surface area contributed by atoms with Gasteiger partial charge in [0, 0.05) is 13.6 Å². The molecule has 1 aromatic rings. The fraction of sp³-hybridized carbons (Fsp3) is 0.385. The number of benzene rings is 1. The summed E-state index contributed by atoms with van der Waals surface area (Å²) in [4.78, 5) is 25.0. The first-order valence-corrected chi connectivity index (χ1v) is 5.77. The van der Waals surface area contributed by atoms with Crippen molar-refractivity contribution in [2.45, 2.75) is 19.9 Å². The van der Waals surface area contributed by atoms with Crippen molar-refractivity contribution in [3.05, 3.63) is 35.6 Å². The highest BCUT2D eigenvalue weighted by Gasteiger charge is 2.20. The largest absolute Gasteiger partial charge is 0.344 e. The Morgan fingerprint density at radius 1 is 1.39 bits per heavy atom. The summed E-state index contributed by atoms with van der Waals surface area (Å²) in [6, 6.07) is 4.99. The summed E-state index contributed by atoms with van der Waals surface area (Å²) in [6.07, 6.45) is 0. The lowest BCUT2D eigenvalue weighted by atomic mass is 10.2. The highest BCUT2D eigenvalue weighted by Crippen LogP contribution is 2.06. The van der Waals surface area contributed by atoms with Crippen LogP contribution in [0.4, 0.5) is 4.39 Å². The number of halogens is 1. The molecule has 0 saturated carbocycles. The van der Waals surface area contributed by atoms with Gasteiger partial charge in [-0.3, -0.25) is 9.59 Å². The molecule has 5 heteroatoms. The van der Waals surface area contributed by atoms with Gasteiger partial charge in [0.1, 0.15) is 11.9 Å². The Hall–Kier alpha value is -1.91. The van der Waals surface area contributed by atoms with Gasteiger partial charge in [-0.2, -0.15) is 0 Å². The molecule has 1 rings (SSSR count). The van der Waals surface area contributed by atoms with Crippen molar-refractivity contribution < 1.29 is 14.0 Å². The highest BCUT2D eigenvalue weighted by atomic mass is 19.1. The lowest BCUT2D eigenvalue weighted by Gasteiger charge is -2.20. The summed E-state index contributed by atoms with van der Waals surface area (Å²) in [5.41, 5.74) is -0.0590. The van der Waals surface area contributed by atoms with E-state index >= 15 is 0 Å². The molecule has 0 aliphatic rings. The number of carbonyl (C=O) groups excluding carboxylic acids is 2. The van der Waals surface area contributed by atoms with Gasteiger partial charge in [0.05, 0.1) is 5.56 Å². The Bertz CT molecular complexity index is 448. The van der Waals surface area contributed by atoms with Crippen LogP contribution in [-0.4, -0.2) is 36.3 Å². The molecule has 1 N–H and O–H groups in total. The van der Waals surface area contributed by atoms with Crippen LogP contribution in [0.5, 0.6) is 0 Å². The summed E-state index contributed by atoms with van der Waals surface area (Å²) in [6.45, 7) is 3.97. The molecular weight excluding hydrogens is 235 g/mol. The second-order valence-corrected chi connectivity index (χ2v) is 4.03. The minimum absolute atomic E-state index is 0.0590. The van der Waals surface area contributed by atoms with Gasteiger partial charge in [-0.25, -0.2) is 4.39 Å². The van der Waals surface area contributed by atoms with Gasteiger partial charge in [-0.05, 0) is 26.0 Å². The second kappa shape index (κ2) is 6.14. The van der Waals surface area contributed by atoms with E-state index in [9.17, 15) is 14.0 Å². The van der Waals surface area contributed by atoms with Crippen molar-refractivity contribution in [1.29, 1.82) is 0 Å². The topological polar surface area (TPSA) is 49.4 Å². The number of rotatable bonds is 4. The van der Waals surface area contributed by atoms with Crippen molar-refractivity contribution in [3.8, 4) is 0 Å². The molecule has 2 amide bonds. The first-order chi connectivity index (χ1) is 8.47. The van der Waals surface area contributed by atoms with Gasteiger partial charge in [0.25, 0.3) is 5.91 Å². The maximum atomic E-state index is 13.4. The van der Waals surface area contributed by atoms with E-state index in [1.165, 1.54) is 23.1 Å². The molecule has 18 heavy (non-hydrogen) atoms. The van der Waals surface area contributed by atoms with Crippen LogP contribution in [0.25, 0.3) is 0 Å². The summed E-state index contributed by atoms with van der Waals surface area (Å²) in [7, 11) is 1.65. The minimum atomic E-state index is -0.679. The molecule has 1 atom stereocenters. The number of nitrogens with one attached hydrogen (secondary N) is 1. The van der Waals surface area contributed by atoms with E-state index in [0.717, 1.165) is 0 Å². The standard InChI is InChI=1S/C13H17FN2O2/c1-4-16(3)13(18)9(2)15-12(17)10-7-5-6-8-11(10)14/h5-9H,4H2,1-3H3,(H,15,17). The van der Waals surface area contributed by atoms with Crippen molar-refractivity contribution in [2.24, 2.45) is 0 Å². The Morgan fingerprint density at radius 2 is 2.00 bits per heavy atom. The molecule has 98 valence electrons. The molecule has 0 heterocycles. The van der Waals surface area contributed by atoms with Crippen LogP contribution in [0.2, 0.25) is 0 Å². The smallest absolute Gasteiger partial charge is 0.254 e. The normalized spacial score (nSPS) is 11.8. The molecule has 0 spiro atoms. The maximum absolute atomic E-state index is 13.4. The van der Waals surface area contributed by atoms with Gasteiger partial charge in [-0.1, -0.05) is 12.1 Å². The zero-order valence-electron chi connectivity index (χ0n) is 10.7. The van der Waals surface area contributed by atoms with E-state index in [1.807, 2.05) is 6.92 Å². The van der Waals surface area contributed by atoms with E-state index in [4.69, 9.17) is 0 Å². The van der Waals surface area contributed by atoms with Crippen LogP contribution in [0.3, 0.4) is 0 Å². The number of hydrogen-bond donors (Lipinski definition) is 1. The fourth-order valence-corrected chi connectivity index (χ4v) is 1.47. The molecule has 0 radical (unpaired) electrons. The summed E-state index contributed by atoms with van der Waals surface area (Å²) in [5.74, 6) is -1.39. The van der Waals surface area contributed by atoms with Gasteiger partial charge in [0.15, 0.2) is 0 Å². The van der Waals surface area contributed by atoms with Gasteiger partial charge in [-0.15, -0.1) is 0 Å². The SMILES string of the molecule is CCN(C)C(=O)C(C)NC(=O)c1ccccc1F. The number of amides is 2. The molecule has 0 aliphatic heterocycles. The summed E-state index contributed by atoms with van der Waals surface area (Å²) in [5, 5.41) is 2.48. The van der Waals surface area contributed by atoms with Crippen molar-refractivity contribution >= 4 is 11.8 Å². The Morgan fingerprint density at radius 3 is 2.56 bits per heavy atom. The van der Waals surface area contributed by atoms with Crippen LogP contribution in [-0.2, 0) is 4.79 Å². The van der Waals surface area contributed by atoms with Crippen LogP contribution in [0.1, 0.15) is 24.2 Å². The van der Waals surface area contributed by atoms with Gasteiger partial charge >= 0.3 is 0 Å². The maximum Gasteiger partial charge on any atom is 0.254 e. The lowest BCUT2D eigenvalue weighted by Crippen LogP contribution is -2.45. The van der Waals surface area contributed by atoms with Crippen molar-refractivity contribution in [1.82, 2.24) is 10.2 Å². The van der Waals surface area contributed by atoms with Crippen LogP contribution < -0.4 is 5.32 Å². The third-order valence-electron chi connectivity index (χ3n) is 2.69. The van der Waals surface area contributed by atoms with E-state index in [0.29, 0.717) is 6.54 Å². The van der Waals surface area contributed by atoms with E-state index in [2.05, 4.69) is 5.32 Å². The second-order valence-electron chi connectivity index (χ2n) is 4.03. The highest BCUT2D eigenvalue weighted by molar-refractivity contribution is 5.97. The van der Waals surface area contributed by atoms with E-state index < -0.39 is 17.8 Å². The van der Waals surface area contributed by atoms with Crippen molar-refractivity contribution in [2.75, 3.05) is 13.6 Å². The molecule has 0 fully saturated rings. The number of carbonyl (C=O) groups is 2. The molecule has 1 unspecified atom stereocenters. The molecule has 0 aromatic heterocycles. The quantitative estimate of drug-likeness (QED) is 0.881. The number of likely N-dealkylation sites (N-methyl/N-ethyl adjacent to an activating group) is 1. The monoisotopic (exact) mass is 252 g/mol. The van der Waals surface area contributed by atoms with E-state index in [1.54, 1.807) is 20.0 Å². The molecule has 0 aliphatic carbocycles. The predicted molar refractivity (Wildman–Crippen MR) is 66.6 cm³/mol. The summed E-state index contributed by atoms with van der Waals surface area (Å²) < 4.78 is 13.4. The van der Waals surface area contributed by atoms with E-state index in [-0.39, 0.29) is 11.5 Å². The van der Waals surface area contributed by atoms with Crippen LogP contribution in [0.15, 0.2) is 24.3 Å². The molecular formula is C13H17FN2O2. The Kier molecular flexibility index (Phi) is 4.83. The first-order valence-electron chi connectivity index (χ1n) is 5.77. The average molecular weight is 252 g/mol. The molecule has 4 nitrogen and oxygen atoms in total. The number of hydrogen-bond acceptors (Lipinski definition) is 2. The summed E-state index contributed by atoms with van der Waals surface area (Å²) >= 11 is 0. The Balaban J connectivity index is 2.71. The van der Waals surface area contributed by atoms with Crippen LogP contribution >= 0.6 is 0 Å². The average Bonchev–Trinajstić information content (AvgIpc) is 2.37. The van der Waals surface area contributed by atoms with Gasteiger partial charge in [0.2, 0.25) is 5.91 Å². The fourth-order valence-electron chi connectivity index (χ4n) is 1.47. The first kappa shape index (κ1) is 14.2. The van der Waals surface area contributed by atoms with Crippen molar-refractivity contribution in [3.63, 3.8) is 0 Å². The molecule has 0 bridgehead atoms. The third kappa shape index (κ3) is 3.29.